The van der Waals surface area contributed by atoms with Crippen LogP contribution in [0.3, 0.4) is 0 Å². The minimum absolute atomic E-state index is 0.0943. The van der Waals surface area contributed by atoms with Crippen LogP contribution < -0.4 is 16.2 Å². The maximum atomic E-state index is 12.1. The number of nitrogens with one attached hydrogen (secondary N) is 2. The summed E-state index contributed by atoms with van der Waals surface area (Å²) in [5.41, 5.74) is 0.860. The average molecular weight is 357 g/mol. The Bertz CT molecular complexity index is 571. The minimum Gasteiger partial charge on any atom is -0.394 e. The highest BCUT2D eigenvalue weighted by atomic mass is 79.9. The summed E-state index contributed by atoms with van der Waals surface area (Å²) >= 11 is 3.35. The van der Waals surface area contributed by atoms with Gasteiger partial charge in [0.25, 0.3) is 5.56 Å². The lowest BCUT2D eigenvalue weighted by atomic mass is 9.70. The summed E-state index contributed by atoms with van der Waals surface area (Å²) in [7, 11) is 0. The second-order valence-corrected chi connectivity index (χ2v) is 6.81. The minimum atomic E-state index is -0.207. The number of hydrogen-bond acceptors (Lipinski definition) is 5. The maximum Gasteiger partial charge on any atom is 0.283 e. The largest absolute Gasteiger partial charge is 0.394 e. The van der Waals surface area contributed by atoms with Crippen LogP contribution in [0.4, 0.5) is 5.69 Å². The van der Waals surface area contributed by atoms with E-state index in [9.17, 15) is 4.79 Å². The van der Waals surface area contributed by atoms with E-state index in [0.29, 0.717) is 16.1 Å². The monoisotopic (exact) mass is 356 g/mol. The van der Waals surface area contributed by atoms with Crippen LogP contribution >= 0.6 is 15.9 Å². The fourth-order valence-corrected chi connectivity index (χ4v) is 3.73. The summed E-state index contributed by atoms with van der Waals surface area (Å²) in [5.74, 6) is 0. The zero-order valence-corrected chi connectivity index (χ0v) is 13.5. The van der Waals surface area contributed by atoms with Crippen molar-refractivity contribution in [2.45, 2.75) is 50.2 Å². The topological polar surface area (TPSA) is 79.2 Å². The molecule has 1 aromatic heterocycles. The molecule has 1 spiro atoms. The van der Waals surface area contributed by atoms with Gasteiger partial charge < -0.3 is 15.7 Å². The lowest BCUT2D eigenvalue weighted by molar-refractivity contribution is 0.135. The molecule has 3 rings (SSSR count). The number of nitrogens with zero attached hydrogens (tertiary/aromatic N) is 2. The number of anilines is 1. The van der Waals surface area contributed by atoms with Crippen LogP contribution in [-0.2, 0) is 6.54 Å². The van der Waals surface area contributed by atoms with E-state index in [2.05, 4.69) is 31.7 Å². The Morgan fingerprint density at radius 3 is 3.05 bits per heavy atom. The zero-order chi connectivity index (χ0) is 14.9. The van der Waals surface area contributed by atoms with Crippen LogP contribution in [0, 0.1) is 0 Å². The molecule has 1 aliphatic heterocycles. The summed E-state index contributed by atoms with van der Waals surface area (Å²) in [6.45, 7) is 1.14. The Morgan fingerprint density at radius 2 is 2.38 bits per heavy atom. The van der Waals surface area contributed by atoms with Gasteiger partial charge in [-0.15, -0.1) is 0 Å². The van der Waals surface area contributed by atoms with E-state index in [1.807, 2.05) is 0 Å². The second kappa shape index (κ2) is 6.06. The highest BCUT2D eigenvalue weighted by Gasteiger charge is 2.40. The van der Waals surface area contributed by atoms with E-state index in [-0.39, 0.29) is 18.7 Å². The first-order valence-electron chi connectivity index (χ1n) is 7.52. The van der Waals surface area contributed by atoms with E-state index in [1.54, 1.807) is 6.20 Å². The Morgan fingerprint density at radius 1 is 1.57 bits per heavy atom. The zero-order valence-electron chi connectivity index (χ0n) is 11.9. The molecule has 116 valence electrons. The van der Waals surface area contributed by atoms with Gasteiger partial charge in [0.1, 0.15) is 4.47 Å². The van der Waals surface area contributed by atoms with Gasteiger partial charge in [-0.1, -0.05) is 0 Å². The van der Waals surface area contributed by atoms with Crippen LogP contribution in [0.25, 0.3) is 0 Å². The Balaban J connectivity index is 1.72. The van der Waals surface area contributed by atoms with Gasteiger partial charge >= 0.3 is 0 Å². The number of hydrogen-bond donors (Lipinski definition) is 3. The van der Waals surface area contributed by atoms with Crippen LogP contribution in [0.1, 0.15) is 32.1 Å². The van der Waals surface area contributed by atoms with Gasteiger partial charge in [-0.2, -0.15) is 5.10 Å². The molecule has 1 aliphatic carbocycles. The molecule has 21 heavy (non-hydrogen) atoms. The number of aliphatic hydroxyl groups excluding tert-OH is 1. The molecule has 0 aromatic carbocycles. The Hall–Kier alpha value is -0.920. The van der Waals surface area contributed by atoms with Crippen molar-refractivity contribution in [3.63, 3.8) is 0 Å². The van der Waals surface area contributed by atoms with E-state index in [0.717, 1.165) is 25.1 Å². The molecule has 1 atom stereocenters. The molecule has 1 saturated heterocycles. The normalized spacial score (nSPS) is 23.8. The quantitative estimate of drug-likeness (QED) is 0.752. The first-order valence-corrected chi connectivity index (χ1v) is 8.31. The van der Waals surface area contributed by atoms with Crippen LogP contribution in [0.2, 0.25) is 0 Å². The summed E-state index contributed by atoms with van der Waals surface area (Å²) in [5, 5.41) is 20.1. The molecule has 2 heterocycles. The Labute approximate surface area is 132 Å². The molecule has 6 nitrogen and oxygen atoms in total. The Kier molecular flexibility index (Phi) is 4.33. The van der Waals surface area contributed by atoms with Crippen LogP contribution in [0.15, 0.2) is 15.5 Å². The van der Waals surface area contributed by atoms with Gasteiger partial charge in [0.05, 0.1) is 25.0 Å². The number of piperidine rings is 1. The fourth-order valence-electron chi connectivity index (χ4n) is 3.30. The predicted molar refractivity (Wildman–Crippen MR) is 84.5 cm³/mol. The van der Waals surface area contributed by atoms with E-state index in [1.165, 1.54) is 23.9 Å². The van der Waals surface area contributed by atoms with Crippen molar-refractivity contribution in [1.29, 1.82) is 0 Å². The van der Waals surface area contributed by atoms with E-state index in [4.69, 9.17) is 5.11 Å². The SMILES string of the molecule is O=c1c(Br)c(NC2CCNC3(CCC3)C2)cnn1CCO. The molecule has 0 radical (unpaired) electrons. The summed E-state index contributed by atoms with van der Waals surface area (Å²) in [6, 6.07) is 0.373. The van der Waals surface area contributed by atoms with Gasteiger partial charge in [0, 0.05) is 11.6 Å². The lowest BCUT2D eigenvalue weighted by Crippen LogP contribution is -2.58. The third-order valence-corrected chi connectivity index (χ3v) is 5.36. The van der Waals surface area contributed by atoms with Crippen molar-refractivity contribution in [3.05, 3.63) is 21.0 Å². The molecule has 7 heteroatoms. The molecule has 1 unspecified atom stereocenters. The van der Waals surface area contributed by atoms with E-state index < -0.39 is 0 Å². The van der Waals surface area contributed by atoms with Gasteiger partial charge in [-0.25, -0.2) is 4.68 Å². The number of rotatable bonds is 4. The summed E-state index contributed by atoms with van der Waals surface area (Å²) in [4.78, 5) is 12.1. The predicted octanol–water partition coefficient (Wildman–Crippen LogP) is 1.08. The molecule has 3 N–H and O–H groups in total. The maximum absolute atomic E-state index is 12.1. The highest BCUT2D eigenvalue weighted by molar-refractivity contribution is 9.10. The number of halogens is 1. The molecule has 0 amide bonds. The summed E-state index contributed by atoms with van der Waals surface area (Å²) < 4.78 is 1.76. The van der Waals surface area contributed by atoms with Gasteiger partial charge in [0.2, 0.25) is 0 Å². The van der Waals surface area contributed by atoms with Gasteiger partial charge in [0.15, 0.2) is 0 Å². The summed E-state index contributed by atoms with van der Waals surface area (Å²) in [6.07, 6.45) is 7.62. The van der Waals surface area contributed by atoms with Crippen molar-refractivity contribution in [2.75, 3.05) is 18.5 Å². The van der Waals surface area contributed by atoms with Crippen LogP contribution in [0.5, 0.6) is 0 Å². The average Bonchev–Trinajstić information content (AvgIpc) is 2.46. The van der Waals surface area contributed by atoms with E-state index >= 15 is 0 Å². The number of aromatic nitrogens is 2. The fraction of sp³-hybridized carbons (Fsp3) is 0.714. The van der Waals surface area contributed by atoms with Gasteiger partial charge in [-0.3, -0.25) is 4.79 Å². The first kappa shape index (κ1) is 15.0. The number of aliphatic hydroxyl groups is 1. The molecule has 1 saturated carbocycles. The molecule has 1 aromatic rings. The van der Waals surface area contributed by atoms with Crippen molar-refractivity contribution in [1.82, 2.24) is 15.1 Å². The van der Waals surface area contributed by atoms with Crippen LogP contribution in [-0.4, -0.2) is 39.6 Å². The smallest absolute Gasteiger partial charge is 0.283 e. The van der Waals surface area contributed by atoms with Crippen molar-refractivity contribution in [3.8, 4) is 0 Å². The molecule has 2 aliphatic rings. The molecular formula is C14H21BrN4O2. The third-order valence-electron chi connectivity index (χ3n) is 4.60. The molecule has 0 bridgehead atoms. The second-order valence-electron chi connectivity index (χ2n) is 6.02. The highest BCUT2D eigenvalue weighted by Crippen LogP contribution is 2.39. The molecular weight excluding hydrogens is 336 g/mol. The van der Waals surface area contributed by atoms with Gasteiger partial charge in [-0.05, 0) is 54.6 Å². The molecule has 2 fully saturated rings. The first-order chi connectivity index (χ1) is 10.1. The van der Waals surface area contributed by atoms with Crippen molar-refractivity contribution in [2.24, 2.45) is 0 Å². The van der Waals surface area contributed by atoms with Crippen molar-refractivity contribution < 1.29 is 5.11 Å². The van der Waals surface area contributed by atoms with Crippen molar-refractivity contribution >= 4 is 21.6 Å². The third kappa shape index (κ3) is 3.00. The standard InChI is InChI=1S/C14H21BrN4O2/c15-12-11(9-17-19(6-7-20)13(12)21)18-10-2-5-16-14(8-10)3-1-4-14/h9-10,16,18,20H,1-8H2. The lowest BCUT2D eigenvalue weighted by Gasteiger charge is -2.48.